The Kier molecular flexibility index (Phi) is 5.87. The molecule has 5 heteroatoms. The van der Waals surface area contributed by atoms with Gasteiger partial charge in [-0.2, -0.15) is 0 Å². The number of rotatable bonds is 7. The Bertz CT molecular complexity index is 1230. The van der Waals surface area contributed by atoms with Crippen LogP contribution in [-0.2, 0) is 6.42 Å². The first-order valence-electron chi connectivity index (χ1n) is 10.6. The lowest BCUT2D eigenvalue weighted by atomic mass is 9.94. The van der Waals surface area contributed by atoms with E-state index in [9.17, 15) is 15.0 Å². The van der Waals surface area contributed by atoms with Crippen LogP contribution in [0.25, 0.3) is 16.8 Å². The van der Waals surface area contributed by atoms with E-state index in [1.807, 2.05) is 60.0 Å². The number of unbranched alkanes of at least 4 members (excludes halogenated alkanes) is 1. The fraction of sp³-hybridized carbons (Fsp3) is 0.231. The van der Waals surface area contributed by atoms with Crippen LogP contribution < -0.4 is 0 Å². The van der Waals surface area contributed by atoms with Crippen LogP contribution in [0.2, 0.25) is 0 Å². The van der Waals surface area contributed by atoms with Crippen LogP contribution in [0.3, 0.4) is 0 Å². The highest BCUT2D eigenvalue weighted by molar-refractivity contribution is 5.96. The molecule has 2 aromatic heterocycles. The van der Waals surface area contributed by atoms with Crippen molar-refractivity contribution < 1.29 is 15.0 Å². The summed E-state index contributed by atoms with van der Waals surface area (Å²) >= 11 is 0. The molecule has 2 N–H and O–H groups in total. The number of aromatic nitrogens is 2. The van der Waals surface area contributed by atoms with Gasteiger partial charge in [0.25, 0.3) is 0 Å². The summed E-state index contributed by atoms with van der Waals surface area (Å²) in [6.07, 6.45) is 4.05. The van der Waals surface area contributed by atoms with Gasteiger partial charge in [0.05, 0.1) is 17.0 Å². The monoisotopic (exact) mass is 414 g/mol. The lowest BCUT2D eigenvalue weighted by Crippen LogP contribution is -2.10. The van der Waals surface area contributed by atoms with Gasteiger partial charge in [-0.1, -0.05) is 61.9 Å². The van der Waals surface area contributed by atoms with Gasteiger partial charge in [0.1, 0.15) is 11.8 Å². The number of nitrogens with zero attached hydrogens (tertiary/aromatic N) is 2. The van der Waals surface area contributed by atoms with Gasteiger partial charge in [-0.15, -0.1) is 0 Å². The highest BCUT2D eigenvalue weighted by atomic mass is 16.4. The molecule has 0 saturated carbocycles. The van der Waals surface area contributed by atoms with Crippen LogP contribution in [0.4, 0.5) is 0 Å². The first kappa shape index (κ1) is 20.8. The van der Waals surface area contributed by atoms with E-state index in [4.69, 9.17) is 0 Å². The zero-order valence-electron chi connectivity index (χ0n) is 17.7. The normalized spacial score (nSPS) is 12.2. The number of carbonyl (C=O) groups is 1. The molecule has 4 rings (SSSR count). The van der Waals surface area contributed by atoms with Gasteiger partial charge in [-0.05, 0) is 54.2 Å². The predicted molar refractivity (Wildman–Crippen MR) is 121 cm³/mol. The molecule has 2 heterocycles. The first-order chi connectivity index (χ1) is 15.0. The van der Waals surface area contributed by atoms with E-state index < -0.39 is 12.1 Å². The molecule has 0 fully saturated rings. The van der Waals surface area contributed by atoms with Gasteiger partial charge < -0.3 is 14.6 Å². The molecular formula is C26H26N2O3. The second-order valence-corrected chi connectivity index (χ2v) is 7.84. The highest BCUT2D eigenvalue weighted by Gasteiger charge is 2.21. The van der Waals surface area contributed by atoms with E-state index in [2.05, 4.69) is 11.9 Å². The SMILES string of the molecule is CCCCc1cn2c(C(O)c3ccc(-c4ccccc4)c(C(=O)O)c3)c(C)ccc2n1. The zero-order chi connectivity index (χ0) is 22.0. The number of aryl methyl sites for hydroxylation is 2. The predicted octanol–water partition coefficient (Wildman–Crippen LogP) is 5.43. The van der Waals surface area contributed by atoms with Crippen LogP contribution in [0.15, 0.2) is 66.9 Å². The van der Waals surface area contributed by atoms with Crippen molar-refractivity contribution in [2.75, 3.05) is 0 Å². The van der Waals surface area contributed by atoms with Crippen molar-refractivity contribution >= 4 is 11.6 Å². The molecule has 31 heavy (non-hydrogen) atoms. The smallest absolute Gasteiger partial charge is 0.336 e. The average Bonchev–Trinajstić information content (AvgIpc) is 3.20. The van der Waals surface area contributed by atoms with Gasteiger partial charge in [-0.3, -0.25) is 0 Å². The number of hydrogen-bond acceptors (Lipinski definition) is 3. The van der Waals surface area contributed by atoms with Crippen molar-refractivity contribution in [3.63, 3.8) is 0 Å². The molecule has 0 spiro atoms. The minimum absolute atomic E-state index is 0.168. The molecule has 0 aliphatic heterocycles. The Hall–Kier alpha value is -3.44. The maximum Gasteiger partial charge on any atom is 0.336 e. The lowest BCUT2D eigenvalue weighted by molar-refractivity contribution is 0.0697. The van der Waals surface area contributed by atoms with Gasteiger partial charge >= 0.3 is 5.97 Å². The molecule has 0 saturated heterocycles. The molecule has 1 atom stereocenters. The van der Waals surface area contributed by atoms with Crippen molar-refractivity contribution in [1.29, 1.82) is 0 Å². The third kappa shape index (κ3) is 4.09. The molecule has 0 aliphatic rings. The van der Waals surface area contributed by atoms with E-state index in [1.54, 1.807) is 18.2 Å². The largest absolute Gasteiger partial charge is 0.478 e. The zero-order valence-corrected chi connectivity index (χ0v) is 17.7. The Morgan fingerprint density at radius 1 is 1.10 bits per heavy atom. The number of fused-ring (bicyclic) bond motifs is 1. The molecule has 0 amide bonds. The Balaban J connectivity index is 1.79. The minimum atomic E-state index is -1.02. The van der Waals surface area contributed by atoms with Crippen LogP contribution in [-0.4, -0.2) is 25.6 Å². The van der Waals surface area contributed by atoms with Crippen LogP contribution in [0.5, 0.6) is 0 Å². The number of carboxylic acid groups (broad SMARTS) is 1. The van der Waals surface area contributed by atoms with Crippen molar-refractivity contribution in [2.24, 2.45) is 0 Å². The third-order valence-corrected chi connectivity index (χ3v) is 5.65. The number of aliphatic hydroxyl groups excluding tert-OH is 1. The maximum absolute atomic E-state index is 12.0. The molecule has 0 radical (unpaired) electrons. The third-order valence-electron chi connectivity index (χ3n) is 5.65. The minimum Gasteiger partial charge on any atom is -0.478 e. The number of hydrogen-bond donors (Lipinski definition) is 2. The number of aromatic carboxylic acids is 1. The summed E-state index contributed by atoms with van der Waals surface area (Å²) in [5, 5.41) is 21.1. The lowest BCUT2D eigenvalue weighted by Gasteiger charge is -2.18. The summed E-state index contributed by atoms with van der Waals surface area (Å²) in [4.78, 5) is 16.7. The Morgan fingerprint density at radius 3 is 2.58 bits per heavy atom. The summed E-state index contributed by atoms with van der Waals surface area (Å²) in [6.45, 7) is 4.09. The van der Waals surface area contributed by atoms with E-state index >= 15 is 0 Å². The number of carboxylic acids is 1. The Morgan fingerprint density at radius 2 is 1.87 bits per heavy atom. The van der Waals surface area contributed by atoms with Crippen molar-refractivity contribution in [1.82, 2.24) is 9.38 Å². The molecule has 0 bridgehead atoms. The number of imidazole rings is 1. The molecule has 4 aromatic rings. The van der Waals surface area contributed by atoms with Gasteiger partial charge in [-0.25, -0.2) is 9.78 Å². The van der Waals surface area contributed by atoms with E-state index in [1.165, 1.54) is 0 Å². The van der Waals surface area contributed by atoms with Crippen molar-refractivity contribution in [2.45, 2.75) is 39.2 Å². The second-order valence-electron chi connectivity index (χ2n) is 7.84. The standard InChI is InChI=1S/C26H26N2O3/c1-3-4-10-20-16-28-23(27-20)14-11-17(2)24(28)25(29)19-12-13-21(22(15-19)26(30)31)18-8-6-5-7-9-18/h5-9,11-16,25,29H,3-4,10H2,1-2H3,(H,30,31). The topological polar surface area (TPSA) is 74.8 Å². The second kappa shape index (κ2) is 8.74. The van der Waals surface area contributed by atoms with Crippen LogP contribution in [0.1, 0.15) is 58.7 Å². The van der Waals surface area contributed by atoms with Crippen molar-refractivity contribution in [3.8, 4) is 11.1 Å². The van der Waals surface area contributed by atoms with Crippen molar-refractivity contribution in [3.05, 3.63) is 94.9 Å². The first-order valence-corrected chi connectivity index (χ1v) is 10.6. The average molecular weight is 415 g/mol. The van der Waals surface area contributed by atoms with E-state index in [0.717, 1.165) is 41.7 Å². The quantitative estimate of drug-likeness (QED) is 0.423. The van der Waals surface area contributed by atoms with E-state index in [0.29, 0.717) is 16.8 Å². The molecule has 5 nitrogen and oxygen atoms in total. The molecular weight excluding hydrogens is 388 g/mol. The summed E-state index contributed by atoms with van der Waals surface area (Å²) in [6, 6.07) is 18.4. The molecule has 2 aromatic carbocycles. The fourth-order valence-corrected chi connectivity index (χ4v) is 3.99. The summed E-state index contributed by atoms with van der Waals surface area (Å²) in [7, 11) is 0. The highest BCUT2D eigenvalue weighted by Crippen LogP contribution is 2.31. The number of aliphatic hydroxyl groups is 1. The van der Waals surface area contributed by atoms with Crippen LogP contribution >= 0.6 is 0 Å². The van der Waals surface area contributed by atoms with E-state index in [-0.39, 0.29) is 5.56 Å². The van der Waals surface area contributed by atoms with Gasteiger partial charge in [0.2, 0.25) is 0 Å². The summed E-state index contributed by atoms with van der Waals surface area (Å²) < 4.78 is 1.93. The molecule has 1 unspecified atom stereocenters. The fourth-order valence-electron chi connectivity index (χ4n) is 3.99. The Labute approximate surface area is 181 Å². The maximum atomic E-state index is 12.0. The van der Waals surface area contributed by atoms with Gasteiger partial charge in [0.15, 0.2) is 0 Å². The molecule has 158 valence electrons. The molecule has 0 aliphatic carbocycles. The summed E-state index contributed by atoms with van der Waals surface area (Å²) in [5.74, 6) is -1.02. The van der Waals surface area contributed by atoms with Crippen LogP contribution in [0, 0.1) is 6.92 Å². The summed E-state index contributed by atoms with van der Waals surface area (Å²) in [5.41, 5.74) is 5.56. The number of pyridine rings is 1. The van der Waals surface area contributed by atoms with Gasteiger partial charge in [0, 0.05) is 6.20 Å². The number of benzene rings is 2.